The molecular formula is C11H11S. The second kappa shape index (κ2) is 3.28. The van der Waals surface area contributed by atoms with E-state index in [1.165, 1.54) is 15.0 Å². The number of hydrogen-bond donors (Lipinski definition) is 0. The predicted octanol–water partition coefficient (Wildman–Crippen LogP) is 3.67. The molecular weight excluding hydrogens is 164 g/mol. The molecule has 1 heterocycles. The van der Waals surface area contributed by atoms with Crippen LogP contribution >= 0.6 is 11.3 Å². The van der Waals surface area contributed by atoms with Crippen molar-refractivity contribution in [3.05, 3.63) is 42.1 Å². The Hall–Kier alpha value is -0.820. The molecule has 0 saturated carbocycles. The Morgan fingerprint density at radius 3 is 2.83 bits per heavy atom. The maximum atomic E-state index is 3.86. The topological polar surface area (TPSA) is 0 Å². The Morgan fingerprint density at radius 1 is 1.25 bits per heavy atom. The molecule has 0 bridgehead atoms. The predicted molar refractivity (Wildman–Crippen MR) is 55.5 cm³/mol. The SMILES string of the molecule is [CH2]CCc1cc2ccccc2s1. The number of hydrogen-bond acceptors (Lipinski definition) is 1. The molecule has 0 saturated heterocycles. The third-order valence-corrected chi connectivity index (χ3v) is 3.08. The largest absolute Gasteiger partial charge is 0.140 e. The molecule has 1 heteroatoms. The van der Waals surface area contributed by atoms with Crippen molar-refractivity contribution in [3.63, 3.8) is 0 Å². The minimum Gasteiger partial charge on any atom is -0.140 e. The zero-order valence-electron chi connectivity index (χ0n) is 6.92. The molecule has 0 atom stereocenters. The van der Waals surface area contributed by atoms with Crippen molar-refractivity contribution in [1.29, 1.82) is 0 Å². The minimum absolute atomic E-state index is 0.993. The second-order valence-corrected chi connectivity index (χ2v) is 4.02. The highest BCUT2D eigenvalue weighted by Gasteiger charge is 1.98. The third kappa shape index (κ3) is 1.37. The van der Waals surface area contributed by atoms with Gasteiger partial charge in [-0.25, -0.2) is 0 Å². The summed E-state index contributed by atoms with van der Waals surface area (Å²) in [6.07, 6.45) is 2.10. The number of rotatable bonds is 2. The molecule has 0 nitrogen and oxygen atoms in total. The van der Waals surface area contributed by atoms with Gasteiger partial charge in [0.25, 0.3) is 0 Å². The van der Waals surface area contributed by atoms with E-state index in [-0.39, 0.29) is 0 Å². The van der Waals surface area contributed by atoms with Gasteiger partial charge in [-0.2, -0.15) is 0 Å². The van der Waals surface area contributed by atoms with Crippen LogP contribution in [0.4, 0.5) is 0 Å². The smallest absolute Gasteiger partial charge is 0.0345 e. The first kappa shape index (κ1) is 7.81. The van der Waals surface area contributed by atoms with Gasteiger partial charge in [0.1, 0.15) is 0 Å². The lowest BCUT2D eigenvalue weighted by Gasteiger charge is -1.86. The van der Waals surface area contributed by atoms with E-state index in [0.717, 1.165) is 12.8 Å². The summed E-state index contributed by atoms with van der Waals surface area (Å²) in [5.41, 5.74) is 0. The highest BCUT2D eigenvalue weighted by molar-refractivity contribution is 7.19. The Bertz CT molecular complexity index is 340. The average Bonchev–Trinajstić information content (AvgIpc) is 2.47. The molecule has 0 fully saturated rings. The van der Waals surface area contributed by atoms with Crippen LogP contribution in [0.3, 0.4) is 0 Å². The van der Waals surface area contributed by atoms with Gasteiger partial charge in [0.15, 0.2) is 0 Å². The molecule has 0 aliphatic rings. The van der Waals surface area contributed by atoms with Crippen molar-refractivity contribution in [2.75, 3.05) is 0 Å². The normalized spacial score (nSPS) is 10.8. The van der Waals surface area contributed by atoms with Gasteiger partial charge in [-0.05, 0) is 30.4 Å². The molecule has 0 amide bonds. The molecule has 0 aliphatic carbocycles. The summed E-state index contributed by atoms with van der Waals surface area (Å²) in [5.74, 6) is 0. The summed E-state index contributed by atoms with van der Waals surface area (Å²) in [7, 11) is 0. The molecule has 0 unspecified atom stereocenters. The summed E-state index contributed by atoms with van der Waals surface area (Å²) in [6.45, 7) is 3.86. The number of aryl methyl sites for hydroxylation is 1. The molecule has 2 rings (SSSR count). The van der Waals surface area contributed by atoms with Crippen molar-refractivity contribution in [1.82, 2.24) is 0 Å². The minimum atomic E-state index is 0.993. The van der Waals surface area contributed by atoms with Gasteiger partial charge in [0.2, 0.25) is 0 Å². The van der Waals surface area contributed by atoms with Crippen LogP contribution in [0.5, 0.6) is 0 Å². The summed E-state index contributed by atoms with van der Waals surface area (Å²) < 4.78 is 1.39. The molecule has 0 aliphatic heterocycles. The lowest BCUT2D eigenvalue weighted by molar-refractivity contribution is 1.03. The van der Waals surface area contributed by atoms with Crippen molar-refractivity contribution in [2.45, 2.75) is 12.8 Å². The van der Waals surface area contributed by atoms with Crippen molar-refractivity contribution < 1.29 is 0 Å². The van der Waals surface area contributed by atoms with Gasteiger partial charge in [-0.1, -0.05) is 25.1 Å². The zero-order valence-corrected chi connectivity index (χ0v) is 7.73. The molecule has 12 heavy (non-hydrogen) atoms. The fourth-order valence-electron chi connectivity index (χ4n) is 1.33. The van der Waals surface area contributed by atoms with Crippen LogP contribution in [-0.4, -0.2) is 0 Å². The number of fused-ring (bicyclic) bond motifs is 1. The van der Waals surface area contributed by atoms with Gasteiger partial charge in [0.05, 0.1) is 0 Å². The van der Waals surface area contributed by atoms with E-state index >= 15 is 0 Å². The first-order chi connectivity index (χ1) is 5.90. The molecule has 61 valence electrons. The van der Waals surface area contributed by atoms with Crippen LogP contribution in [-0.2, 0) is 6.42 Å². The Labute approximate surface area is 76.8 Å². The van der Waals surface area contributed by atoms with Gasteiger partial charge in [-0.15, -0.1) is 11.3 Å². The van der Waals surface area contributed by atoms with Gasteiger partial charge < -0.3 is 0 Å². The highest BCUT2D eigenvalue weighted by atomic mass is 32.1. The summed E-state index contributed by atoms with van der Waals surface area (Å²) in [6, 6.07) is 10.8. The van der Waals surface area contributed by atoms with Crippen LogP contribution in [0.25, 0.3) is 10.1 Å². The molecule has 0 N–H and O–H groups in total. The number of benzene rings is 1. The lowest BCUT2D eigenvalue weighted by atomic mass is 10.2. The fourth-order valence-corrected chi connectivity index (χ4v) is 2.44. The van der Waals surface area contributed by atoms with E-state index in [0.29, 0.717) is 0 Å². The molecule has 1 aromatic heterocycles. The van der Waals surface area contributed by atoms with Crippen LogP contribution in [0.15, 0.2) is 30.3 Å². The van der Waals surface area contributed by atoms with Crippen molar-refractivity contribution in [2.24, 2.45) is 0 Å². The molecule has 1 aromatic carbocycles. The van der Waals surface area contributed by atoms with E-state index in [9.17, 15) is 0 Å². The highest BCUT2D eigenvalue weighted by Crippen LogP contribution is 2.25. The fraction of sp³-hybridized carbons (Fsp3) is 0.182. The standard InChI is InChI=1S/C11H11S/c1-2-5-10-8-9-6-3-4-7-11(9)12-10/h3-4,6-8H,1-2,5H2. The molecule has 1 radical (unpaired) electrons. The third-order valence-electron chi connectivity index (χ3n) is 1.90. The van der Waals surface area contributed by atoms with Crippen LogP contribution in [0.1, 0.15) is 11.3 Å². The number of thiophene rings is 1. The monoisotopic (exact) mass is 175 g/mol. The summed E-state index contributed by atoms with van der Waals surface area (Å²) in [4.78, 5) is 1.45. The summed E-state index contributed by atoms with van der Waals surface area (Å²) in [5, 5.41) is 1.37. The quantitative estimate of drug-likeness (QED) is 0.653. The van der Waals surface area contributed by atoms with E-state index in [1.807, 2.05) is 11.3 Å². The lowest BCUT2D eigenvalue weighted by Crippen LogP contribution is -1.72. The van der Waals surface area contributed by atoms with Gasteiger partial charge in [-0.3, -0.25) is 0 Å². The van der Waals surface area contributed by atoms with E-state index in [1.54, 1.807) is 0 Å². The maximum Gasteiger partial charge on any atom is 0.0345 e. The van der Waals surface area contributed by atoms with Crippen molar-refractivity contribution >= 4 is 21.4 Å². The van der Waals surface area contributed by atoms with E-state index < -0.39 is 0 Å². The Kier molecular flexibility index (Phi) is 2.13. The second-order valence-electron chi connectivity index (χ2n) is 2.85. The summed E-state index contributed by atoms with van der Waals surface area (Å²) >= 11 is 1.88. The van der Waals surface area contributed by atoms with Crippen LogP contribution in [0, 0.1) is 6.92 Å². The first-order valence-corrected chi connectivity index (χ1v) is 4.98. The Balaban J connectivity index is 2.47. The maximum absolute atomic E-state index is 3.86. The Morgan fingerprint density at radius 2 is 2.08 bits per heavy atom. The van der Waals surface area contributed by atoms with Gasteiger partial charge in [0, 0.05) is 9.58 Å². The molecule has 0 spiro atoms. The average molecular weight is 175 g/mol. The first-order valence-electron chi connectivity index (χ1n) is 4.17. The van der Waals surface area contributed by atoms with E-state index in [4.69, 9.17) is 0 Å². The van der Waals surface area contributed by atoms with Crippen LogP contribution < -0.4 is 0 Å². The zero-order chi connectivity index (χ0) is 8.39. The van der Waals surface area contributed by atoms with E-state index in [2.05, 4.69) is 37.3 Å². The molecule has 2 aromatic rings. The van der Waals surface area contributed by atoms with Gasteiger partial charge >= 0.3 is 0 Å². The van der Waals surface area contributed by atoms with Crippen LogP contribution in [0.2, 0.25) is 0 Å². The van der Waals surface area contributed by atoms with Crippen molar-refractivity contribution in [3.8, 4) is 0 Å².